The van der Waals surface area contributed by atoms with Crippen LogP contribution in [0.15, 0.2) is 48.5 Å². The van der Waals surface area contributed by atoms with Crippen LogP contribution in [0, 0.1) is 11.6 Å². The van der Waals surface area contributed by atoms with Crippen molar-refractivity contribution >= 4 is 12.1 Å². The highest BCUT2D eigenvalue weighted by molar-refractivity contribution is 5.81. The molecule has 0 heterocycles. The number of benzene rings is 2. The Kier molecular flexibility index (Phi) is 7.54. The fraction of sp³-hybridized carbons (Fsp3) is 0.391. The summed E-state index contributed by atoms with van der Waals surface area (Å²) in [6, 6.07) is 11.3. The van der Waals surface area contributed by atoms with Crippen LogP contribution in [0.3, 0.4) is 0 Å². The number of amides is 1. The molecule has 0 unspecified atom stereocenters. The number of carbonyl (C=O) groups is 2. The molecule has 2 aromatic rings. The van der Waals surface area contributed by atoms with Gasteiger partial charge in [-0.2, -0.15) is 0 Å². The number of carbonyl (C=O) groups excluding carboxylic acids is 2. The molecule has 1 amide bonds. The van der Waals surface area contributed by atoms with Gasteiger partial charge >= 0.3 is 12.1 Å². The molecule has 0 spiro atoms. The summed E-state index contributed by atoms with van der Waals surface area (Å²) in [6.07, 6.45) is -1.54. The van der Waals surface area contributed by atoms with E-state index in [0.29, 0.717) is 5.56 Å². The number of rotatable bonds is 6. The molecule has 2 rings (SSSR count). The van der Waals surface area contributed by atoms with Crippen molar-refractivity contribution in [1.82, 2.24) is 5.32 Å². The van der Waals surface area contributed by atoms with Crippen LogP contribution in [0.2, 0.25) is 0 Å². The summed E-state index contributed by atoms with van der Waals surface area (Å²) in [7, 11) is 0. The van der Waals surface area contributed by atoms with E-state index in [1.807, 2.05) is 6.07 Å². The Morgan fingerprint density at radius 2 is 1.63 bits per heavy atom. The van der Waals surface area contributed by atoms with Crippen LogP contribution in [0.25, 0.3) is 0 Å². The second kappa shape index (κ2) is 9.69. The molecule has 0 fully saturated rings. The molecule has 0 bridgehead atoms. The zero-order chi connectivity index (χ0) is 22.5. The quantitative estimate of drug-likeness (QED) is 0.674. The molecule has 0 aliphatic carbocycles. The number of halogens is 2. The molecule has 7 heteroatoms. The summed E-state index contributed by atoms with van der Waals surface area (Å²) in [5, 5.41) is 2.42. The minimum absolute atomic E-state index is 0.204. The van der Waals surface area contributed by atoms with E-state index in [1.54, 1.807) is 52.0 Å². The van der Waals surface area contributed by atoms with Gasteiger partial charge in [-0.05, 0) is 51.8 Å². The lowest BCUT2D eigenvalue weighted by Gasteiger charge is -2.27. The predicted molar refractivity (Wildman–Crippen MR) is 109 cm³/mol. The minimum atomic E-state index is -0.975. The molecule has 162 valence electrons. The third kappa shape index (κ3) is 6.54. The summed E-state index contributed by atoms with van der Waals surface area (Å²) in [6.45, 7) is 8.21. The summed E-state index contributed by atoms with van der Waals surface area (Å²) in [5.41, 5.74) is 0.200. The summed E-state index contributed by atoms with van der Waals surface area (Å²) < 4.78 is 38.6. The van der Waals surface area contributed by atoms with Gasteiger partial charge in [-0.15, -0.1) is 0 Å². The van der Waals surface area contributed by atoms with Gasteiger partial charge in [0.05, 0.1) is 0 Å². The normalized spacial score (nSPS) is 14.4. The van der Waals surface area contributed by atoms with E-state index in [2.05, 4.69) is 5.32 Å². The molecule has 0 radical (unpaired) electrons. The van der Waals surface area contributed by atoms with E-state index < -0.39 is 47.4 Å². The second-order valence-electron chi connectivity index (χ2n) is 8.06. The third-order valence-corrected chi connectivity index (χ3v) is 4.31. The zero-order valence-electron chi connectivity index (χ0n) is 17.7. The van der Waals surface area contributed by atoms with Crippen molar-refractivity contribution in [3.8, 4) is 0 Å². The molecular weight excluding hydrogens is 392 g/mol. The molecule has 0 aliphatic rings. The lowest BCUT2D eigenvalue weighted by atomic mass is 9.86. The van der Waals surface area contributed by atoms with Gasteiger partial charge in [0, 0.05) is 12.0 Å². The molecule has 3 atom stereocenters. The van der Waals surface area contributed by atoms with Crippen LogP contribution in [0.1, 0.15) is 51.7 Å². The maximum atomic E-state index is 14.5. The van der Waals surface area contributed by atoms with Gasteiger partial charge in [-0.25, -0.2) is 18.4 Å². The Bertz CT molecular complexity index is 881. The molecule has 0 aromatic heterocycles. The predicted octanol–water partition coefficient (Wildman–Crippen LogP) is 4.94. The molecule has 0 saturated heterocycles. The van der Waals surface area contributed by atoms with E-state index in [4.69, 9.17) is 9.47 Å². The van der Waals surface area contributed by atoms with Gasteiger partial charge in [-0.3, -0.25) is 0 Å². The van der Waals surface area contributed by atoms with Crippen LogP contribution in [-0.4, -0.2) is 29.8 Å². The lowest BCUT2D eigenvalue weighted by molar-refractivity contribution is -0.151. The Labute approximate surface area is 175 Å². The molecular formula is C23H27F2NO4. The number of hydrogen-bond acceptors (Lipinski definition) is 4. The standard InChI is InChI=1S/C23H27F2NO4/c1-14(26-22(28)30-23(3,4)5)21(27)29-15(2)20(16-9-7-6-8-10-16)18-12-11-17(24)13-19(18)25/h6-15,20H,1-5H3,(H,26,28)/t14-,15-,20-/m0/s1. The van der Waals surface area contributed by atoms with E-state index in [0.717, 1.165) is 12.1 Å². The monoisotopic (exact) mass is 419 g/mol. The first kappa shape index (κ1) is 23.3. The minimum Gasteiger partial charge on any atom is -0.460 e. The Hall–Kier alpha value is -2.96. The summed E-state index contributed by atoms with van der Waals surface area (Å²) >= 11 is 0. The van der Waals surface area contributed by atoms with Crippen LogP contribution in [0.4, 0.5) is 13.6 Å². The average molecular weight is 419 g/mol. The average Bonchev–Trinajstić information content (AvgIpc) is 2.63. The number of alkyl carbamates (subject to hydrolysis) is 1. The first-order valence-electron chi connectivity index (χ1n) is 9.68. The van der Waals surface area contributed by atoms with Gasteiger partial charge in [0.2, 0.25) is 0 Å². The topological polar surface area (TPSA) is 64.6 Å². The number of hydrogen-bond donors (Lipinski definition) is 1. The molecule has 0 saturated carbocycles. The third-order valence-electron chi connectivity index (χ3n) is 4.31. The van der Waals surface area contributed by atoms with Crippen LogP contribution < -0.4 is 5.32 Å². The van der Waals surface area contributed by atoms with Crippen molar-refractivity contribution < 1.29 is 27.8 Å². The molecule has 5 nitrogen and oxygen atoms in total. The number of nitrogens with one attached hydrogen (secondary N) is 1. The SMILES string of the molecule is C[C@H](NC(=O)OC(C)(C)C)C(=O)O[C@@H](C)[C@@H](c1ccccc1)c1ccc(F)cc1F. The van der Waals surface area contributed by atoms with Crippen molar-refractivity contribution in [1.29, 1.82) is 0 Å². The van der Waals surface area contributed by atoms with Crippen molar-refractivity contribution in [3.05, 3.63) is 71.3 Å². The highest BCUT2D eigenvalue weighted by atomic mass is 19.1. The maximum absolute atomic E-state index is 14.5. The molecule has 2 aromatic carbocycles. The largest absolute Gasteiger partial charge is 0.460 e. The zero-order valence-corrected chi connectivity index (χ0v) is 17.7. The highest BCUT2D eigenvalue weighted by Crippen LogP contribution is 2.32. The second-order valence-corrected chi connectivity index (χ2v) is 8.06. The van der Waals surface area contributed by atoms with Gasteiger partial charge < -0.3 is 14.8 Å². The van der Waals surface area contributed by atoms with Crippen molar-refractivity contribution in [2.75, 3.05) is 0 Å². The fourth-order valence-corrected chi connectivity index (χ4v) is 3.01. The first-order chi connectivity index (χ1) is 14.0. The van der Waals surface area contributed by atoms with Crippen LogP contribution >= 0.6 is 0 Å². The molecule has 30 heavy (non-hydrogen) atoms. The first-order valence-corrected chi connectivity index (χ1v) is 9.68. The molecule has 0 aliphatic heterocycles. The van der Waals surface area contributed by atoms with Crippen molar-refractivity contribution in [2.24, 2.45) is 0 Å². The smallest absolute Gasteiger partial charge is 0.408 e. The van der Waals surface area contributed by atoms with E-state index in [1.165, 1.54) is 13.0 Å². The van der Waals surface area contributed by atoms with Gasteiger partial charge in [0.1, 0.15) is 29.4 Å². The van der Waals surface area contributed by atoms with Gasteiger partial charge in [0.25, 0.3) is 0 Å². The van der Waals surface area contributed by atoms with Crippen LogP contribution in [0.5, 0.6) is 0 Å². The van der Waals surface area contributed by atoms with E-state index in [-0.39, 0.29) is 5.56 Å². The van der Waals surface area contributed by atoms with Crippen LogP contribution in [-0.2, 0) is 14.3 Å². The Balaban J connectivity index is 2.19. The summed E-state index contributed by atoms with van der Waals surface area (Å²) in [4.78, 5) is 24.4. The van der Waals surface area contributed by atoms with Gasteiger partial charge in [0.15, 0.2) is 0 Å². The van der Waals surface area contributed by atoms with Gasteiger partial charge in [-0.1, -0.05) is 36.4 Å². The Morgan fingerprint density at radius 3 is 2.20 bits per heavy atom. The summed E-state index contributed by atoms with van der Waals surface area (Å²) in [5.74, 6) is -2.78. The highest BCUT2D eigenvalue weighted by Gasteiger charge is 2.30. The lowest BCUT2D eigenvalue weighted by Crippen LogP contribution is -2.43. The van der Waals surface area contributed by atoms with Crippen molar-refractivity contribution in [2.45, 2.75) is 58.3 Å². The number of esters is 1. The fourth-order valence-electron chi connectivity index (χ4n) is 3.01. The van der Waals surface area contributed by atoms with E-state index in [9.17, 15) is 18.4 Å². The van der Waals surface area contributed by atoms with E-state index >= 15 is 0 Å². The molecule has 1 N–H and O–H groups in total. The number of ether oxygens (including phenoxy) is 2. The Morgan fingerprint density at radius 1 is 1.00 bits per heavy atom. The maximum Gasteiger partial charge on any atom is 0.408 e. The van der Waals surface area contributed by atoms with Crippen molar-refractivity contribution in [3.63, 3.8) is 0 Å².